The summed E-state index contributed by atoms with van der Waals surface area (Å²) in [7, 11) is 2.77. The number of carbonyl (C=O) groups is 1. The Morgan fingerprint density at radius 3 is 2.36 bits per heavy atom. The van der Waals surface area contributed by atoms with Crippen molar-refractivity contribution in [3.05, 3.63) is 0 Å². The van der Waals surface area contributed by atoms with Gasteiger partial charge < -0.3 is 15.5 Å². The zero-order valence-corrected chi connectivity index (χ0v) is 16.7. The summed E-state index contributed by atoms with van der Waals surface area (Å²) in [5.74, 6) is 1.48. The first-order valence-corrected chi connectivity index (χ1v) is 11.0. The van der Waals surface area contributed by atoms with Gasteiger partial charge in [0.2, 0.25) is 5.91 Å². The molecule has 6 nitrogen and oxygen atoms in total. The molecule has 0 spiro atoms. The smallest absolute Gasteiger partial charge is 0.243 e. The van der Waals surface area contributed by atoms with E-state index in [1.54, 1.807) is 19.0 Å². The highest BCUT2D eigenvalue weighted by Crippen LogP contribution is 2.23. The maximum Gasteiger partial charge on any atom is 0.243 e. The summed E-state index contributed by atoms with van der Waals surface area (Å²) in [6.07, 6.45) is 8.98. The minimum absolute atomic E-state index is 0.00105. The van der Waals surface area contributed by atoms with Gasteiger partial charge in [0.1, 0.15) is 6.54 Å². The highest BCUT2D eigenvalue weighted by molar-refractivity contribution is 7.85. The van der Waals surface area contributed by atoms with Crippen LogP contribution < -0.4 is 10.6 Å². The second-order valence-electron chi connectivity index (χ2n) is 7.38. The fourth-order valence-corrected chi connectivity index (χ4v) is 4.98. The predicted octanol–water partition coefficient (Wildman–Crippen LogP) is 1.63. The number of aliphatic imine (C=N–C) groups is 1. The van der Waals surface area contributed by atoms with Gasteiger partial charge in [0, 0.05) is 48.0 Å². The van der Waals surface area contributed by atoms with Crippen LogP contribution in [0.4, 0.5) is 0 Å². The van der Waals surface area contributed by atoms with E-state index >= 15 is 0 Å². The molecule has 2 aliphatic rings. The van der Waals surface area contributed by atoms with Crippen LogP contribution in [0.15, 0.2) is 4.99 Å². The SMILES string of the molecule is CCS(=O)C1CCCC(NC(=NCC(=O)N(C)C)NC2CCCC2)C1. The Kier molecular flexibility index (Phi) is 8.19. The largest absolute Gasteiger partial charge is 0.354 e. The molecule has 7 heteroatoms. The van der Waals surface area contributed by atoms with Gasteiger partial charge in [-0.1, -0.05) is 26.2 Å². The standard InChI is InChI=1S/C18H34N4O2S/c1-4-25(24)16-11-7-10-15(12-16)21-18(19-13-17(23)22(2)3)20-14-8-5-6-9-14/h14-16H,4-13H2,1-3H3,(H2,19,20,21). The average molecular weight is 371 g/mol. The summed E-state index contributed by atoms with van der Waals surface area (Å²) >= 11 is 0. The molecule has 0 heterocycles. The predicted molar refractivity (Wildman–Crippen MR) is 104 cm³/mol. The monoisotopic (exact) mass is 370 g/mol. The number of amides is 1. The Morgan fingerprint density at radius 1 is 1.08 bits per heavy atom. The Hall–Kier alpha value is -1.11. The molecular weight excluding hydrogens is 336 g/mol. The number of rotatable bonds is 6. The maximum atomic E-state index is 12.2. The Balaban J connectivity index is 1.97. The van der Waals surface area contributed by atoms with E-state index in [0.29, 0.717) is 6.04 Å². The topological polar surface area (TPSA) is 73.8 Å². The zero-order valence-electron chi connectivity index (χ0n) is 15.9. The van der Waals surface area contributed by atoms with Crippen LogP contribution in [0, 0.1) is 0 Å². The van der Waals surface area contributed by atoms with Gasteiger partial charge >= 0.3 is 0 Å². The molecule has 1 amide bonds. The third-order valence-corrected chi connectivity index (χ3v) is 6.93. The van der Waals surface area contributed by atoms with Gasteiger partial charge in [-0.3, -0.25) is 9.00 Å². The van der Waals surface area contributed by atoms with Crippen LogP contribution in [0.3, 0.4) is 0 Å². The summed E-state index contributed by atoms with van der Waals surface area (Å²) < 4.78 is 12.2. The van der Waals surface area contributed by atoms with Crippen LogP contribution in [-0.2, 0) is 15.6 Å². The zero-order chi connectivity index (χ0) is 18.2. The first kappa shape index (κ1) is 20.2. The number of carbonyl (C=O) groups excluding carboxylic acids is 1. The summed E-state index contributed by atoms with van der Waals surface area (Å²) in [4.78, 5) is 18.0. The van der Waals surface area contributed by atoms with Gasteiger partial charge in [-0.2, -0.15) is 0 Å². The Bertz CT molecular complexity index is 489. The van der Waals surface area contributed by atoms with Crippen LogP contribution in [0.25, 0.3) is 0 Å². The number of nitrogens with one attached hydrogen (secondary N) is 2. The molecule has 0 bridgehead atoms. The van der Waals surface area contributed by atoms with Crippen molar-refractivity contribution in [3.63, 3.8) is 0 Å². The lowest BCUT2D eigenvalue weighted by Gasteiger charge is -2.31. The summed E-state index contributed by atoms with van der Waals surface area (Å²) in [5.41, 5.74) is 0. The lowest BCUT2D eigenvalue weighted by atomic mass is 9.95. The van der Waals surface area contributed by atoms with E-state index in [1.807, 2.05) is 6.92 Å². The number of likely N-dealkylation sites (N-methyl/N-ethyl adjacent to an activating group) is 1. The molecule has 25 heavy (non-hydrogen) atoms. The highest BCUT2D eigenvalue weighted by Gasteiger charge is 2.27. The molecule has 3 unspecified atom stereocenters. The van der Waals surface area contributed by atoms with Gasteiger partial charge in [0.05, 0.1) is 0 Å². The number of nitrogens with zero attached hydrogens (tertiary/aromatic N) is 2. The molecule has 0 aromatic heterocycles. The normalized spacial score (nSPS) is 26.3. The van der Waals surface area contributed by atoms with Crippen LogP contribution in [0.1, 0.15) is 58.3 Å². The molecule has 0 aliphatic heterocycles. The van der Waals surface area contributed by atoms with Gasteiger partial charge in [-0.05, 0) is 32.1 Å². The van der Waals surface area contributed by atoms with E-state index in [-0.39, 0.29) is 23.7 Å². The van der Waals surface area contributed by atoms with Crippen molar-refractivity contribution in [3.8, 4) is 0 Å². The Morgan fingerprint density at radius 2 is 1.72 bits per heavy atom. The van der Waals surface area contributed by atoms with Crippen molar-refractivity contribution >= 4 is 22.7 Å². The number of guanidine groups is 1. The minimum Gasteiger partial charge on any atom is -0.354 e. The highest BCUT2D eigenvalue weighted by atomic mass is 32.2. The van der Waals surface area contributed by atoms with Crippen molar-refractivity contribution < 1.29 is 9.00 Å². The summed E-state index contributed by atoms with van der Waals surface area (Å²) in [6.45, 7) is 2.15. The fourth-order valence-electron chi connectivity index (χ4n) is 3.63. The van der Waals surface area contributed by atoms with E-state index in [1.165, 1.54) is 12.8 Å². The van der Waals surface area contributed by atoms with Gasteiger partial charge in [0.15, 0.2) is 5.96 Å². The van der Waals surface area contributed by atoms with Gasteiger partial charge in [0.25, 0.3) is 0 Å². The molecular formula is C18H34N4O2S. The summed E-state index contributed by atoms with van der Waals surface area (Å²) in [6, 6.07) is 0.737. The molecule has 2 rings (SSSR count). The quantitative estimate of drug-likeness (QED) is 0.551. The van der Waals surface area contributed by atoms with E-state index in [0.717, 1.165) is 50.2 Å². The van der Waals surface area contributed by atoms with Crippen molar-refractivity contribution in [2.45, 2.75) is 75.6 Å². The molecule has 0 aromatic carbocycles. The molecule has 2 N–H and O–H groups in total. The Labute approximate surface area is 154 Å². The summed E-state index contributed by atoms with van der Waals surface area (Å²) in [5, 5.41) is 7.31. The molecule has 144 valence electrons. The third kappa shape index (κ3) is 6.60. The van der Waals surface area contributed by atoms with Crippen molar-refractivity contribution in [1.29, 1.82) is 0 Å². The van der Waals surface area contributed by atoms with Crippen LogP contribution in [0.2, 0.25) is 0 Å². The van der Waals surface area contributed by atoms with E-state index in [4.69, 9.17) is 0 Å². The molecule has 2 aliphatic carbocycles. The molecule has 0 saturated heterocycles. The molecule has 2 fully saturated rings. The number of hydrogen-bond acceptors (Lipinski definition) is 3. The molecule has 0 aromatic rings. The minimum atomic E-state index is -0.731. The van der Waals surface area contributed by atoms with Gasteiger partial charge in [-0.15, -0.1) is 0 Å². The maximum absolute atomic E-state index is 12.2. The molecule has 3 atom stereocenters. The van der Waals surface area contributed by atoms with E-state index in [9.17, 15) is 9.00 Å². The van der Waals surface area contributed by atoms with Crippen molar-refractivity contribution in [2.24, 2.45) is 4.99 Å². The average Bonchev–Trinajstić information content (AvgIpc) is 3.11. The van der Waals surface area contributed by atoms with Gasteiger partial charge in [-0.25, -0.2) is 4.99 Å². The lowest BCUT2D eigenvalue weighted by Crippen LogP contribution is -2.49. The fraction of sp³-hybridized carbons (Fsp3) is 0.889. The first-order valence-electron chi connectivity index (χ1n) is 9.64. The lowest BCUT2D eigenvalue weighted by molar-refractivity contribution is -0.127. The number of hydrogen-bond donors (Lipinski definition) is 2. The van der Waals surface area contributed by atoms with E-state index < -0.39 is 10.8 Å². The molecule has 2 saturated carbocycles. The second kappa shape index (κ2) is 10.1. The van der Waals surface area contributed by atoms with E-state index in [2.05, 4.69) is 15.6 Å². The first-order chi connectivity index (χ1) is 12.0. The van der Waals surface area contributed by atoms with Crippen molar-refractivity contribution in [1.82, 2.24) is 15.5 Å². The second-order valence-corrected chi connectivity index (χ2v) is 9.38. The van der Waals surface area contributed by atoms with Crippen LogP contribution in [0.5, 0.6) is 0 Å². The van der Waals surface area contributed by atoms with Crippen LogP contribution >= 0.6 is 0 Å². The third-order valence-electron chi connectivity index (χ3n) is 5.19. The molecule has 0 radical (unpaired) electrons. The van der Waals surface area contributed by atoms with Crippen molar-refractivity contribution in [2.75, 3.05) is 26.4 Å². The van der Waals surface area contributed by atoms with Crippen LogP contribution in [-0.4, -0.2) is 64.7 Å².